The molecule has 3 N–H and O–H groups in total. The van der Waals surface area contributed by atoms with Crippen molar-refractivity contribution in [1.29, 1.82) is 0 Å². The van der Waals surface area contributed by atoms with Crippen molar-refractivity contribution in [1.82, 2.24) is 10.2 Å². The van der Waals surface area contributed by atoms with E-state index in [1.54, 1.807) is 0 Å². The van der Waals surface area contributed by atoms with Gasteiger partial charge in [-0.2, -0.15) is 0 Å². The number of nitrogens with one attached hydrogen (secondary N) is 1. The van der Waals surface area contributed by atoms with Crippen LogP contribution in [0.25, 0.3) is 0 Å². The Balaban J connectivity index is 2.12. The van der Waals surface area contributed by atoms with Crippen molar-refractivity contribution in [3.63, 3.8) is 0 Å². The smallest absolute Gasteiger partial charge is 0.326 e. The van der Waals surface area contributed by atoms with E-state index in [0.29, 0.717) is 12.8 Å². The highest BCUT2D eigenvalue weighted by Crippen LogP contribution is 2.18. The Morgan fingerprint density at radius 1 is 1.32 bits per heavy atom. The maximum Gasteiger partial charge on any atom is 0.326 e. The molecule has 1 aliphatic rings. The number of likely N-dealkylation sites (tertiary alicyclic amines) is 1. The molecule has 0 aliphatic carbocycles. The molecule has 1 heterocycles. The molecule has 136 valence electrons. The minimum atomic E-state index is -1.27. The van der Waals surface area contributed by atoms with Crippen molar-refractivity contribution >= 4 is 17.8 Å². The summed E-state index contributed by atoms with van der Waals surface area (Å²) in [5.41, 5.74) is -0.00138. The van der Waals surface area contributed by atoms with E-state index in [-0.39, 0.29) is 24.9 Å². The molecule has 1 aliphatic heterocycles. The minimum Gasteiger partial charge on any atom is -0.480 e. The maximum absolute atomic E-state index is 12.6. The van der Waals surface area contributed by atoms with Gasteiger partial charge in [0, 0.05) is 6.54 Å². The van der Waals surface area contributed by atoms with Crippen molar-refractivity contribution in [3.05, 3.63) is 35.8 Å². The molecule has 0 unspecified atom stereocenters. The van der Waals surface area contributed by atoms with Crippen LogP contribution in [0.1, 0.15) is 38.6 Å². The molecule has 0 bridgehead atoms. The first-order chi connectivity index (χ1) is 14.0. The van der Waals surface area contributed by atoms with E-state index in [9.17, 15) is 24.6 Å². The summed E-state index contributed by atoms with van der Waals surface area (Å²) >= 11 is 0. The molecule has 1 saturated heterocycles. The third-order valence-electron chi connectivity index (χ3n) is 4.18. The molecule has 1 aromatic carbocycles. The zero-order valence-electron chi connectivity index (χ0n) is 18.8. The van der Waals surface area contributed by atoms with Crippen LogP contribution < -0.4 is 5.32 Å². The second-order valence-electron chi connectivity index (χ2n) is 5.95. The lowest BCUT2D eigenvalue weighted by Gasteiger charge is -2.27. The molecule has 1 fully saturated rings. The Kier molecular flexibility index (Phi) is 4.44. The molecule has 3 atom stereocenters. The summed E-state index contributed by atoms with van der Waals surface area (Å²) in [5, 5.41) is 21.4. The fourth-order valence-electron chi connectivity index (χ4n) is 2.88. The monoisotopic (exact) mass is 353 g/mol. The van der Waals surface area contributed by atoms with Crippen molar-refractivity contribution < 1.29 is 31.5 Å². The maximum atomic E-state index is 12.6. The van der Waals surface area contributed by atoms with E-state index < -0.39 is 66.2 Å². The Hall–Kier alpha value is -2.41. The predicted octanol–water partition coefficient (Wildman–Crippen LogP) is 1.13. The highest BCUT2D eigenvalue weighted by atomic mass is 16.4. The molecular weight excluding hydrogens is 324 g/mol. The lowest BCUT2D eigenvalue weighted by Crippen LogP contribution is -2.53. The molecular formula is C18H24N2O5. The number of carbonyl (C=O) groups is 3. The Labute approximate surface area is 153 Å². The standard InChI is InChI=1S/C18H24N2O5/c1-12(16(21)20-11-5-8-15(20)18(24)25)19-14(17(22)23)10-9-13-6-3-2-4-7-13/h2-4,6-7,12,14-15,19H,5,8-11H2,1H3,(H,22,23)(H,24,25)/t12-,14+,15-/m0/s1/i2D,3D,4D,6D,7D. The van der Waals surface area contributed by atoms with Crippen LogP contribution in [0.5, 0.6) is 0 Å². The molecule has 0 spiro atoms. The molecule has 7 heteroatoms. The number of carboxylic acids is 2. The SMILES string of the molecule is [2H]c1c([2H])c([2H])c(CC[C@@H](N[C@@H](C)C(=O)N2CCC[C@H]2C(=O)O)C(=O)O)c([2H])c1[2H]. The molecule has 2 rings (SSSR count). The van der Waals surface area contributed by atoms with Gasteiger partial charge in [-0.3, -0.25) is 14.9 Å². The molecule has 0 aromatic heterocycles. The van der Waals surface area contributed by atoms with Gasteiger partial charge in [0.25, 0.3) is 0 Å². The van der Waals surface area contributed by atoms with Crippen LogP contribution in [0.2, 0.25) is 0 Å². The van der Waals surface area contributed by atoms with Crippen LogP contribution in [0.3, 0.4) is 0 Å². The number of carbonyl (C=O) groups excluding carboxylic acids is 1. The van der Waals surface area contributed by atoms with Gasteiger partial charge in [-0.1, -0.05) is 30.2 Å². The van der Waals surface area contributed by atoms with Gasteiger partial charge in [0.05, 0.1) is 12.9 Å². The molecule has 7 nitrogen and oxygen atoms in total. The third kappa shape index (κ3) is 5.03. The predicted molar refractivity (Wildman–Crippen MR) is 91.2 cm³/mol. The van der Waals surface area contributed by atoms with Crippen LogP contribution >= 0.6 is 0 Å². The van der Waals surface area contributed by atoms with Crippen molar-refractivity contribution in [2.45, 2.75) is 50.7 Å². The topological polar surface area (TPSA) is 107 Å². The fraction of sp³-hybridized carbons (Fsp3) is 0.500. The van der Waals surface area contributed by atoms with E-state index in [1.807, 2.05) is 0 Å². The van der Waals surface area contributed by atoms with Crippen LogP contribution in [0.15, 0.2) is 30.2 Å². The fourth-order valence-corrected chi connectivity index (χ4v) is 2.88. The zero-order chi connectivity index (χ0) is 22.7. The van der Waals surface area contributed by atoms with Crippen LogP contribution in [0, 0.1) is 0 Å². The molecule has 0 radical (unpaired) electrons. The van der Waals surface area contributed by atoms with Gasteiger partial charge in [0.1, 0.15) is 12.1 Å². The largest absolute Gasteiger partial charge is 0.480 e. The summed E-state index contributed by atoms with van der Waals surface area (Å²) in [6.07, 6.45) is 0.657. The van der Waals surface area contributed by atoms with Gasteiger partial charge >= 0.3 is 11.9 Å². The average Bonchev–Trinajstić information content (AvgIpc) is 3.19. The molecule has 1 amide bonds. The number of benzene rings is 1. The molecule has 0 saturated carbocycles. The lowest BCUT2D eigenvalue weighted by molar-refractivity contribution is -0.149. The Morgan fingerprint density at radius 3 is 2.60 bits per heavy atom. The molecule has 1 aromatic rings. The van der Waals surface area contributed by atoms with E-state index in [1.165, 1.54) is 11.8 Å². The van der Waals surface area contributed by atoms with E-state index in [0.717, 1.165) is 0 Å². The summed E-state index contributed by atoms with van der Waals surface area (Å²) < 4.78 is 38.8. The van der Waals surface area contributed by atoms with Gasteiger partial charge in [0.15, 0.2) is 0 Å². The zero-order valence-corrected chi connectivity index (χ0v) is 13.8. The summed E-state index contributed by atoms with van der Waals surface area (Å²) in [4.78, 5) is 36.8. The molecule has 25 heavy (non-hydrogen) atoms. The second kappa shape index (κ2) is 8.62. The van der Waals surface area contributed by atoms with Gasteiger partial charge in [0.2, 0.25) is 5.91 Å². The number of rotatable bonds is 8. The number of amides is 1. The van der Waals surface area contributed by atoms with Crippen LogP contribution in [-0.4, -0.2) is 57.6 Å². The highest BCUT2D eigenvalue weighted by Gasteiger charge is 2.36. The quantitative estimate of drug-likeness (QED) is 0.647. The van der Waals surface area contributed by atoms with Gasteiger partial charge in [-0.25, -0.2) is 4.79 Å². The third-order valence-corrected chi connectivity index (χ3v) is 4.18. The first kappa shape index (κ1) is 12.9. The first-order valence-electron chi connectivity index (χ1n) is 10.5. The van der Waals surface area contributed by atoms with E-state index in [2.05, 4.69) is 5.32 Å². The number of aliphatic carboxylic acids is 2. The van der Waals surface area contributed by atoms with Crippen molar-refractivity contribution in [3.8, 4) is 0 Å². The Bertz CT molecular complexity index is 837. The lowest BCUT2D eigenvalue weighted by atomic mass is 10.0. The Morgan fingerprint density at radius 2 is 2.00 bits per heavy atom. The van der Waals surface area contributed by atoms with Gasteiger partial charge in [-0.05, 0) is 38.2 Å². The van der Waals surface area contributed by atoms with Crippen LogP contribution in [-0.2, 0) is 20.8 Å². The number of nitrogens with zero attached hydrogens (tertiary/aromatic N) is 1. The average molecular weight is 353 g/mol. The highest BCUT2D eigenvalue weighted by molar-refractivity contribution is 5.88. The van der Waals surface area contributed by atoms with Crippen LogP contribution in [0.4, 0.5) is 0 Å². The number of hydrogen-bond acceptors (Lipinski definition) is 4. The van der Waals surface area contributed by atoms with Gasteiger partial charge in [-0.15, -0.1) is 0 Å². The van der Waals surface area contributed by atoms with Crippen molar-refractivity contribution in [2.24, 2.45) is 0 Å². The van der Waals surface area contributed by atoms with E-state index in [4.69, 9.17) is 6.85 Å². The summed E-state index contributed by atoms with van der Waals surface area (Å²) in [7, 11) is 0. The summed E-state index contributed by atoms with van der Waals surface area (Å²) in [6, 6.07) is -5.44. The number of carboxylic acid groups (broad SMARTS) is 2. The minimum absolute atomic E-state index is 0.00138. The summed E-state index contributed by atoms with van der Waals surface area (Å²) in [5.74, 6) is -2.89. The number of hydrogen-bond donors (Lipinski definition) is 3. The normalized spacial score (nSPS) is 22.2. The summed E-state index contributed by atoms with van der Waals surface area (Å²) in [6.45, 7) is 1.72. The van der Waals surface area contributed by atoms with Gasteiger partial charge < -0.3 is 15.1 Å². The van der Waals surface area contributed by atoms with Crippen molar-refractivity contribution in [2.75, 3.05) is 6.54 Å². The first-order valence-corrected chi connectivity index (χ1v) is 8.05. The van der Waals surface area contributed by atoms with E-state index >= 15 is 0 Å². The second-order valence-corrected chi connectivity index (χ2v) is 5.95.